The molecule has 1 aromatic rings. The zero-order chi connectivity index (χ0) is 16.5. The van der Waals surface area contributed by atoms with Crippen molar-refractivity contribution in [3.8, 4) is 0 Å². The average Bonchev–Trinajstić information content (AvgIpc) is 2.36. The van der Waals surface area contributed by atoms with Crippen LogP contribution in [-0.4, -0.2) is 40.5 Å². The second-order valence-corrected chi connectivity index (χ2v) is 9.85. The summed E-state index contributed by atoms with van der Waals surface area (Å²) in [7, 11) is -6.90. The Labute approximate surface area is 132 Å². The predicted molar refractivity (Wildman–Crippen MR) is 86.6 cm³/mol. The lowest BCUT2D eigenvalue weighted by Gasteiger charge is -2.34. The van der Waals surface area contributed by atoms with Gasteiger partial charge in [0.15, 0.2) is 0 Å². The molecular formula is C14H22N2O4S2. The smallest absolute Gasteiger partial charge is 0.243 e. The summed E-state index contributed by atoms with van der Waals surface area (Å²) in [5.74, 6) is 0.675. The molecule has 8 heteroatoms. The maximum atomic E-state index is 12.7. The van der Waals surface area contributed by atoms with E-state index in [4.69, 9.17) is 0 Å². The van der Waals surface area contributed by atoms with Crippen molar-refractivity contribution < 1.29 is 16.8 Å². The van der Waals surface area contributed by atoms with Gasteiger partial charge < -0.3 is 0 Å². The number of nitrogens with zero attached hydrogens (tertiary/aromatic N) is 1. The topological polar surface area (TPSA) is 83.6 Å². The zero-order valence-corrected chi connectivity index (χ0v) is 14.6. The third-order valence-corrected chi connectivity index (χ3v) is 6.08. The summed E-state index contributed by atoms with van der Waals surface area (Å²) < 4.78 is 51.5. The summed E-state index contributed by atoms with van der Waals surface area (Å²) >= 11 is 0. The van der Waals surface area contributed by atoms with Crippen LogP contribution < -0.4 is 4.72 Å². The van der Waals surface area contributed by atoms with Gasteiger partial charge in [-0.3, -0.25) is 4.72 Å². The van der Waals surface area contributed by atoms with Crippen LogP contribution in [0.1, 0.15) is 20.3 Å². The van der Waals surface area contributed by atoms with Crippen LogP contribution in [0.5, 0.6) is 0 Å². The maximum Gasteiger partial charge on any atom is 0.243 e. The minimum Gasteiger partial charge on any atom is -0.284 e. The molecule has 2 rings (SSSR count). The van der Waals surface area contributed by atoms with Crippen molar-refractivity contribution in [2.24, 2.45) is 11.8 Å². The number of nitrogens with one attached hydrogen (secondary N) is 1. The van der Waals surface area contributed by atoms with Crippen molar-refractivity contribution in [3.05, 3.63) is 24.3 Å². The standard InChI is InChI=1S/C14H22N2O4S2/c1-11-8-12(2)10-16(9-11)22(19,20)14-6-4-13(5-7-14)15-21(3,17)18/h4-7,11-12,15H,8-10H2,1-3H3/t11-,12+. The highest BCUT2D eigenvalue weighted by Crippen LogP contribution is 2.27. The Balaban J connectivity index is 2.22. The second-order valence-electron chi connectivity index (χ2n) is 6.17. The van der Waals surface area contributed by atoms with Crippen LogP contribution in [0.3, 0.4) is 0 Å². The van der Waals surface area contributed by atoms with Crippen molar-refractivity contribution in [3.63, 3.8) is 0 Å². The fourth-order valence-electron chi connectivity index (χ4n) is 2.86. The number of piperidine rings is 1. The van der Waals surface area contributed by atoms with E-state index in [1.807, 2.05) is 0 Å². The van der Waals surface area contributed by atoms with Crippen LogP contribution in [0.2, 0.25) is 0 Å². The molecule has 0 aliphatic carbocycles. The first-order valence-electron chi connectivity index (χ1n) is 7.16. The molecule has 124 valence electrons. The summed E-state index contributed by atoms with van der Waals surface area (Å²) in [4.78, 5) is 0.188. The number of benzene rings is 1. The lowest BCUT2D eigenvalue weighted by atomic mass is 9.94. The molecule has 0 saturated carbocycles. The second kappa shape index (κ2) is 6.17. The predicted octanol–water partition coefficient (Wildman–Crippen LogP) is 1.72. The molecule has 6 nitrogen and oxygen atoms in total. The van der Waals surface area contributed by atoms with E-state index in [9.17, 15) is 16.8 Å². The first-order chi connectivity index (χ1) is 10.1. The maximum absolute atomic E-state index is 12.7. The van der Waals surface area contributed by atoms with Crippen molar-refractivity contribution in [2.75, 3.05) is 24.1 Å². The van der Waals surface area contributed by atoms with Gasteiger partial charge in [-0.15, -0.1) is 0 Å². The average molecular weight is 346 g/mol. The molecule has 1 fully saturated rings. The molecule has 0 radical (unpaired) electrons. The third-order valence-electron chi connectivity index (χ3n) is 3.63. The fraction of sp³-hybridized carbons (Fsp3) is 0.571. The molecule has 1 N–H and O–H groups in total. The number of rotatable bonds is 4. The number of hydrogen-bond donors (Lipinski definition) is 1. The lowest BCUT2D eigenvalue weighted by molar-refractivity contribution is 0.222. The molecule has 1 saturated heterocycles. The molecule has 1 aliphatic heterocycles. The highest BCUT2D eigenvalue weighted by molar-refractivity contribution is 7.92. The van der Waals surface area contributed by atoms with Gasteiger partial charge in [0.05, 0.1) is 11.2 Å². The van der Waals surface area contributed by atoms with Crippen LogP contribution in [0.4, 0.5) is 5.69 Å². The van der Waals surface area contributed by atoms with Gasteiger partial charge >= 0.3 is 0 Å². The van der Waals surface area contributed by atoms with Gasteiger partial charge in [-0.2, -0.15) is 4.31 Å². The van der Waals surface area contributed by atoms with Gasteiger partial charge in [0.1, 0.15) is 0 Å². The van der Waals surface area contributed by atoms with Crippen LogP contribution in [0, 0.1) is 11.8 Å². The molecule has 2 atom stereocenters. The highest BCUT2D eigenvalue weighted by atomic mass is 32.2. The number of hydrogen-bond acceptors (Lipinski definition) is 4. The third kappa shape index (κ3) is 4.21. The molecule has 0 aromatic heterocycles. The van der Waals surface area contributed by atoms with E-state index in [1.54, 1.807) is 0 Å². The molecule has 0 unspecified atom stereocenters. The normalized spacial score (nSPS) is 24.1. The Morgan fingerprint density at radius 2 is 1.50 bits per heavy atom. The Morgan fingerprint density at radius 3 is 1.95 bits per heavy atom. The van der Waals surface area contributed by atoms with Crippen LogP contribution in [0.25, 0.3) is 0 Å². The van der Waals surface area contributed by atoms with Gasteiger partial charge in [0, 0.05) is 18.8 Å². The SMILES string of the molecule is C[C@@H]1C[C@H](C)CN(S(=O)(=O)c2ccc(NS(C)(=O)=O)cc2)C1. The minimum absolute atomic E-state index is 0.188. The van der Waals surface area contributed by atoms with Gasteiger partial charge in [-0.25, -0.2) is 16.8 Å². The summed E-state index contributed by atoms with van der Waals surface area (Å²) in [6, 6.07) is 5.80. The molecule has 0 bridgehead atoms. The Hall–Kier alpha value is -1.12. The summed E-state index contributed by atoms with van der Waals surface area (Å²) in [6.45, 7) is 5.15. The molecule has 22 heavy (non-hydrogen) atoms. The number of sulfonamides is 2. The van der Waals surface area contributed by atoms with Crippen molar-refractivity contribution >= 4 is 25.7 Å². The van der Waals surface area contributed by atoms with Gasteiger partial charge in [-0.05, 0) is 42.5 Å². The van der Waals surface area contributed by atoms with Crippen molar-refractivity contribution in [1.82, 2.24) is 4.31 Å². The van der Waals surface area contributed by atoms with Crippen LogP contribution >= 0.6 is 0 Å². The van der Waals surface area contributed by atoms with Gasteiger partial charge in [0.2, 0.25) is 20.0 Å². The van der Waals surface area contributed by atoms with E-state index in [-0.39, 0.29) is 4.90 Å². The molecular weight excluding hydrogens is 324 g/mol. The summed E-state index contributed by atoms with van der Waals surface area (Å²) in [5, 5.41) is 0. The Kier molecular flexibility index (Phi) is 4.84. The summed E-state index contributed by atoms with van der Waals surface area (Å²) in [6.07, 6.45) is 2.08. The van der Waals surface area contributed by atoms with Crippen LogP contribution in [-0.2, 0) is 20.0 Å². The lowest BCUT2D eigenvalue weighted by Crippen LogP contribution is -2.42. The van der Waals surface area contributed by atoms with E-state index >= 15 is 0 Å². The first-order valence-corrected chi connectivity index (χ1v) is 10.5. The molecule has 1 heterocycles. The van der Waals surface area contributed by atoms with Gasteiger partial charge in [0.25, 0.3) is 0 Å². The van der Waals surface area contributed by atoms with Crippen molar-refractivity contribution in [2.45, 2.75) is 25.2 Å². The molecule has 0 amide bonds. The van der Waals surface area contributed by atoms with Gasteiger partial charge in [-0.1, -0.05) is 13.8 Å². The molecule has 0 spiro atoms. The fourth-order valence-corrected chi connectivity index (χ4v) is 5.10. The van der Waals surface area contributed by atoms with E-state index in [0.717, 1.165) is 12.7 Å². The highest BCUT2D eigenvalue weighted by Gasteiger charge is 2.31. The first kappa shape index (κ1) is 17.2. The monoisotopic (exact) mass is 346 g/mol. The summed E-state index contributed by atoms with van der Waals surface area (Å²) in [5.41, 5.74) is 0.349. The minimum atomic E-state index is -3.53. The van der Waals surface area contributed by atoms with E-state index in [0.29, 0.717) is 30.6 Å². The Bertz CT molecular complexity index is 717. The van der Waals surface area contributed by atoms with Crippen molar-refractivity contribution in [1.29, 1.82) is 0 Å². The van der Waals surface area contributed by atoms with E-state index in [1.165, 1.54) is 28.6 Å². The van der Waals surface area contributed by atoms with E-state index in [2.05, 4.69) is 18.6 Å². The largest absolute Gasteiger partial charge is 0.284 e. The Morgan fingerprint density at radius 1 is 1.00 bits per heavy atom. The quantitative estimate of drug-likeness (QED) is 0.900. The van der Waals surface area contributed by atoms with E-state index < -0.39 is 20.0 Å². The molecule has 1 aromatic carbocycles. The molecule has 1 aliphatic rings. The number of anilines is 1. The van der Waals surface area contributed by atoms with Crippen LogP contribution in [0.15, 0.2) is 29.2 Å². The zero-order valence-electron chi connectivity index (χ0n) is 13.0.